The van der Waals surface area contributed by atoms with Crippen LogP contribution in [0.4, 0.5) is 0 Å². The SMILES string of the molecule is O=C(O)CC=Cc1ccc2ncnc(Cl)c2c1. The Kier molecular flexibility index (Phi) is 3.35. The van der Waals surface area contributed by atoms with Crippen LogP contribution in [-0.4, -0.2) is 21.0 Å². The van der Waals surface area contributed by atoms with Crippen molar-refractivity contribution in [1.82, 2.24) is 9.97 Å². The van der Waals surface area contributed by atoms with Gasteiger partial charge < -0.3 is 5.11 Å². The van der Waals surface area contributed by atoms with Crippen LogP contribution in [0.25, 0.3) is 17.0 Å². The number of carbonyl (C=O) groups is 1. The zero-order valence-corrected chi connectivity index (χ0v) is 9.55. The molecule has 0 saturated carbocycles. The molecule has 0 aliphatic heterocycles. The van der Waals surface area contributed by atoms with Crippen molar-refractivity contribution in [3.8, 4) is 0 Å². The van der Waals surface area contributed by atoms with Crippen molar-refractivity contribution in [2.75, 3.05) is 0 Å². The molecule has 1 aromatic carbocycles. The Morgan fingerprint density at radius 1 is 1.41 bits per heavy atom. The minimum absolute atomic E-state index is 0.00292. The number of fused-ring (bicyclic) bond motifs is 1. The lowest BCUT2D eigenvalue weighted by Gasteiger charge is -2.00. The maximum atomic E-state index is 10.4. The molecule has 2 aromatic rings. The highest BCUT2D eigenvalue weighted by Gasteiger charge is 2.01. The van der Waals surface area contributed by atoms with E-state index in [1.54, 1.807) is 12.2 Å². The summed E-state index contributed by atoms with van der Waals surface area (Å²) in [6, 6.07) is 5.50. The smallest absolute Gasteiger partial charge is 0.307 e. The highest BCUT2D eigenvalue weighted by molar-refractivity contribution is 6.34. The van der Waals surface area contributed by atoms with Crippen LogP contribution >= 0.6 is 11.6 Å². The van der Waals surface area contributed by atoms with Gasteiger partial charge >= 0.3 is 5.97 Å². The van der Waals surface area contributed by atoms with Crippen molar-refractivity contribution in [2.45, 2.75) is 6.42 Å². The molecule has 86 valence electrons. The fraction of sp³-hybridized carbons (Fsp3) is 0.0833. The first-order valence-electron chi connectivity index (χ1n) is 4.95. The predicted octanol–water partition coefficient (Wildman–Crippen LogP) is 2.77. The molecule has 4 nitrogen and oxygen atoms in total. The average Bonchev–Trinajstić information content (AvgIpc) is 2.30. The van der Waals surface area contributed by atoms with E-state index in [4.69, 9.17) is 16.7 Å². The summed E-state index contributed by atoms with van der Waals surface area (Å²) < 4.78 is 0. The average molecular weight is 249 g/mol. The molecule has 0 aliphatic carbocycles. The molecule has 0 bridgehead atoms. The highest BCUT2D eigenvalue weighted by Crippen LogP contribution is 2.20. The summed E-state index contributed by atoms with van der Waals surface area (Å²) in [5.41, 5.74) is 1.64. The third-order valence-electron chi connectivity index (χ3n) is 2.21. The summed E-state index contributed by atoms with van der Waals surface area (Å²) in [7, 11) is 0. The van der Waals surface area contributed by atoms with Gasteiger partial charge in [-0.05, 0) is 17.7 Å². The lowest BCUT2D eigenvalue weighted by atomic mass is 10.1. The van der Waals surface area contributed by atoms with Crippen molar-refractivity contribution in [1.29, 1.82) is 0 Å². The van der Waals surface area contributed by atoms with Crippen molar-refractivity contribution in [3.63, 3.8) is 0 Å². The molecule has 1 N–H and O–H groups in total. The van der Waals surface area contributed by atoms with E-state index in [2.05, 4.69) is 9.97 Å². The van der Waals surface area contributed by atoms with E-state index in [0.29, 0.717) is 5.15 Å². The van der Waals surface area contributed by atoms with Gasteiger partial charge in [0.2, 0.25) is 0 Å². The number of carboxylic acids is 1. The van der Waals surface area contributed by atoms with Gasteiger partial charge in [-0.25, -0.2) is 9.97 Å². The van der Waals surface area contributed by atoms with Gasteiger partial charge in [0.1, 0.15) is 11.5 Å². The van der Waals surface area contributed by atoms with Gasteiger partial charge in [0, 0.05) is 5.39 Å². The molecule has 1 heterocycles. The van der Waals surface area contributed by atoms with Crippen LogP contribution in [0.2, 0.25) is 5.15 Å². The second kappa shape index (κ2) is 4.93. The first kappa shape index (κ1) is 11.5. The Morgan fingerprint density at radius 3 is 3.00 bits per heavy atom. The largest absolute Gasteiger partial charge is 0.481 e. The molecule has 0 spiro atoms. The minimum atomic E-state index is -0.858. The van der Waals surface area contributed by atoms with Gasteiger partial charge in [0.05, 0.1) is 11.9 Å². The fourth-order valence-electron chi connectivity index (χ4n) is 1.44. The van der Waals surface area contributed by atoms with Gasteiger partial charge in [-0.2, -0.15) is 0 Å². The van der Waals surface area contributed by atoms with E-state index in [1.807, 2.05) is 18.2 Å². The predicted molar refractivity (Wildman–Crippen MR) is 65.8 cm³/mol. The van der Waals surface area contributed by atoms with Crippen LogP contribution in [-0.2, 0) is 4.79 Å². The maximum absolute atomic E-state index is 10.4. The molecule has 0 amide bonds. The summed E-state index contributed by atoms with van der Waals surface area (Å²) in [5.74, 6) is -0.858. The Morgan fingerprint density at radius 2 is 2.24 bits per heavy atom. The normalized spacial score (nSPS) is 11.1. The van der Waals surface area contributed by atoms with Crippen LogP contribution < -0.4 is 0 Å². The number of rotatable bonds is 3. The minimum Gasteiger partial charge on any atom is -0.481 e. The Hall–Kier alpha value is -1.94. The first-order chi connectivity index (χ1) is 8.16. The highest BCUT2D eigenvalue weighted by atomic mass is 35.5. The van der Waals surface area contributed by atoms with Crippen LogP contribution in [0.3, 0.4) is 0 Å². The van der Waals surface area contributed by atoms with Crippen molar-refractivity contribution in [2.24, 2.45) is 0 Å². The van der Waals surface area contributed by atoms with Gasteiger partial charge in [-0.3, -0.25) is 4.79 Å². The van der Waals surface area contributed by atoms with Gasteiger partial charge in [-0.1, -0.05) is 29.8 Å². The van der Waals surface area contributed by atoms with Gasteiger partial charge in [-0.15, -0.1) is 0 Å². The van der Waals surface area contributed by atoms with Crippen molar-refractivity contribution in [3.05, 3.63) is 41.3 Å². The molecule has 1 aromatic heterocycles. The summed E-state index contributed by atoms with van der Waals surface area (Å²) in [6.45, 7) is 0. The quantitative estimate of drug-likeness (QED) is 0.849. The Balaban J connectivity index is 2.34. The molecule has 0 fully saturated rings. The topological polar surface area (TPSA) is 63.1 Å². The number of halogens is 1. The Labute approximate surface area is 103 Å². The summed E-state index contributed by atoms with van der Waals surface area (Å²) in [6.07, 6.45) is 4.72. The van der Waals surface area contributed by atoms with E-state index in [9.17, 15) is 4.79 Å². The monoisotopic (exact) mass is 248 g/mol. The Bertz CT molecular complexity index is 596. The van der Waals surface area contributed by atoms with E-state index in [0.717, 1.165) is 16.5 Å². The molecular weight excluding hydrogens is 240 g/mol. The molecule has 5 heteroatoms. The molecule has 2 rings (SSSR count). The van der Waals surface area contributed by atoms with Crippen molar-refractivity contribution >= 4 is 34.5 Å². The van der Waals surface area contributed by atoms with E-state index in [1.165, 1.54) is 6.33 Å². The fourth-order valence-corrected chi connectivity index (χ4v) is 1.64. The number of benzene rings is 1. The number of carboxylic acid groups (broad SMARTS) is 1. The molecule has 0 unspecified atom stereocenters. The van der Waals surface area contributed by atoms with Gasteiger partial charge in [0.25, 0.3) is 0 Å². The standard InChI is InChI=1S/C12H9ClN2O2/c13-12-9-6-8(2-1-3-11(16)17)4-5-10(9)14-7-15-12/h1-2,4-7H,3H2,(H,16,17). The molecule has 0 atom stereocenters. The molecule has 17 heavy (non-hydrogen) atoms. The lowest BCUT2D eigenvalue weighted by Crippen LogP contribution is -1.89. The number of aliphatic carboxylic acids is 1. The zero-order valence-electron chi connectivity index (χ0n) is 8.80. The van der Waals surface area contributed by atoms with Crippen molar-refractivity contribution < 1.29 is 9.90 Å². The lowest BCUT2D eigenvalue weighted by molar-refractivity contribution is -0.135. The van der Waals surface area contributed by atoms with Gasteiger partial charge in [0.15, 0.2) is 0 Å². The molecule has 0 radical (unpaired) electrons. The molecular formula is C12H9ClN2O2. The van der Waals surface area contributed by atoms with E-state index >= 15 is 0 Å². The number of hydrogen-bond acceptors (Lipinski definition) is 3. The van der Waals surface area contributed by atoms with Crippen LogP contribution in [0, 0.1) is 0 Å². The second-order valence-corrected chi connectivity index (χ2v) is 3.80. The zero-order chi connectivity index (χ0) is 12.3. The van der Waals surface area contributed by atoms with Crippen LogP contribution in [0.1, 0.15) is 12.0 Å². The number of nitrogens with zero attached hydrogens (tertiary/aromatic N) is 2. The second-order valence-electron chi connectivity index (χ2n) is 3.44. The molecule has 0 saturated heterocycles. The third kappa shape index (κ3) is 2.79. The van der Waals surface area contributed by atoms with E-state index < -0.39 is 5.97 Å². The first-order valence-corrected chi connectivity index (χ1v) is 5.33. The third-order valence-corrected chi connectivity index (χ3v) is 2.51. The summed E-state index contributed by atoms with van der Waals surface area (Å²) in [5, 5.41) is 9.66. The maximum Gasteiger partial charge on any atom is 0.307 e. The molecule has 0 aliphatic rings. The summed E-state index contributed by atoms with van der Waals surface area (Å²) in [4.78, 5) is 18.3. The number of hydrogen-bond donors (Lipinski definition) is 1. The van der Waals surface area contributed by atoms with Crippen LogP contribution in [0.5, 0.6) is 0 Å². The van der Waals surface area contributed by atoms with E-state index in [-0.39, 0.29) is 6.42 Å². The number of aromatic nitrogens is 2. The summed E-state index contributed by atoms with van der Waals surface area (Å²) >= 11 is 5.94. The van der Waals surface area contributed by atoms with Crippen LogP contribution in [0.15, 0.2) is 30.6 Å².